The molecule has 10 heavy (non-hydrogen) atoms. The molecule has 0 atom stereocenters. The van der Waals surface area contributed by atoms with E-state index in [0.717, 1.165) is 11.1 Å². The molecule has 0 amide bonds. The van der Waals surface area contributed by atoms with Gasteiger partial charge in [-0.05, 0) is 13.8 Å². The first-order chi connectivity index (χ1) is 4.54. The topological polar surface area (TPSA) is 40.5 Å². The fraction of sp³-hybridized carbons (Fsp3) is 0.500. The molecule has 0 aromatic heterocycles. The first kappa shape index (κ1) is 12.1. The first-order valence-electron chi connectivity index (χ1n) is 3.05. The molecule has 2 nitrogen and oxygen atoms in total. The Kier molecular flexibility index (Phi) is 10.2. The summed E-state index contributed by atoms with van der Waals surface area (Å²) in [4.78, 5) is 0. The zero-order valence-electron chi connectivity index (χ0n) is 6.72. The van der Waals surface area contributed by atoms with Crippen LogP contribution in [-0.2, 0) is 0 Å². The van der Waals surface area contributed by atoms with Crippen molar-refractivity contribution >= 4 is 0 Å². The van der Waals surface area contributed by atoms with Crippen molar-refractivity contribution in [2.75, 3.05) is 13.2 Å². The van der Waals surface area contributed by atoms with Crippen LogP contribution in [0, 0.1) is 0 Å². The number of aliphatic hydroxyl groups is 2. The second kappa shape index (κ2) is 8.40. The number of aliphatic hydroxyl groups excluding tert-OH is 2. The van der Waals surface area contributed by atoms with Gasteiger partial charge in [-0.3, -0.25) is 0 Å². The van der Waals surface area contributed by atoms with Gasteiger partial charge in [0.1, 0.15) is 0 Å². The Morgan fingerprint density at radius 1 is 1.00 bits per heavy atom. The lowest BCUT2D eigenvalue weighted by atomic mass is 10.4. The van der Waals surface area contributed by atoms with E-state index < -0.39 is 0 Å². The highest BCUT2D eigenvalue weighted by Crippen LogP contribution is 1.77. The van der Waals surface area contributed by atoms with Crippen molar-refractivity contribution in [2.24, 2.45) is 0 Å². The maximum Gasteiger partial charge on any atom is 0.0636 e. The van der Waals surface area contributed by atoms with E-state index in [1.807, 2.05) is 0 Å². The molecule has 0 bridgehead atoms. The van der Waals surface area contributed by atoms with Gasteiger partial charge in [-0.2, -0.15) is 0 Å². The van der Waals surface area contributed by atoms with Crippen molar-refractivity contribution < 1.29 is 10.2 Å². The highest BCUT2D eigenvalue weighted by atomic mass is 16.3. The Morgan fingerprint density at radius 3 is 1.10 bits per heavy atom. The molecule has 0 radical (unpaired) electrons. The van der Waals surface area contributed by atoms with Crippen LogP contribution in [0.5, 0.6) is 0 Å². The van der Waals surface area contributed by atoms with Crippen molar-refractivity contribution in [1.29, 1.82) is 0 Å². The quantitative estimate of drug-likeness (QED) is 0.570. The molecule has 0 aromatic rings. The Balaban J connectivity index is 0. The maximum atomic E-state index is 8.04. The normalized spacial score (nSPS) is 7.60. The van der Waals surface area contributed by atoms with E-state index in [1.54, 1.807) is 13.8 Å². The molecule has 0 aliphatic rings. The Morgan fingerprint density at radius 2 is 1.10 bits per heavy atom. The summed E-state index contributed by atoms with van der Waals surface area (Å²) in [5, 5.41) is 16.1. The molecule has 0 saturated carbocycles. The first-order valence-corrected chi connectivity index (χ1v) is 3.05. The molecule has 2 heteroatoms. The predicted octanol–water partition coefficient (Wildman–Crippen LogP) is 1.11. The van der Waals surface area contributed by atoms with Crippen LogP contribution in [0.1, 0.15) is 13.8 Å². The van der Waals surface area contributed by atoms with Gasteiger partial charge in [-0.25, -0.2) is 0 Å². The third-order valence-corrected chi connectivity index (χ3v) is 0.540. The van der Waals surface area contributed by atoms with Crippen molar-refractivity contribution in [2.45, 2.75) is 13.8 Å². The Bertz CT molecular complexity index is 91.8. The van der Waals surface area contributed by atoms with Gasteiger partial charge in [0, 0.05) is 0 Å². The van der Waals surface area contributed by atoms with Gasteiger partial charge < -0.3 is 10.2 Å². The van der Waals surface area contributed by atoms with E-state index in [2.05, 4.69) is 13.2 Å². The summed E-state index contributed by atoms with van der Waals surface area (Å²) in [7, 11) is 0. The summed E-state index contributed by atoms with van der Waals surface area (Å²) in [5.41, 5.74) is 1.62. The van der Waals surface area contributed by atoms with E-state index in [0.29, 0.717) is 0 Å². The molecule has 0 rings (SSSR count). The largest absolute Gasteiger partial charge is 0.392 e. The molecule has 2 N–H and O–H groups in total. The van der Waals surface area contributed by atoms with E-state index in [9.17, 15) is 0 Å². The lowest BCUT2D eigenvalue weighted by molar-refractivity contribution is 0.331. The SMILES string of the molecule is C=C(C)CO.C=C(C)CO. The maximum absolute atomic E-state index is 8.04. The summed E-state index contributed by atoms with van der Waals surface area (Å²) in [6.07, 6.45) is 0. The highest BCUT2D eigenvalue weighted by Gasteiger charge is 1.69. The van der Waals surface area contributed by atoms with Crippen LogP contribution in [0.4, 0.5) is 0 Å². The van der Waals surface area contributed by atoms with Crippen molar-refractivity contribution in [1.82, 2.24) is 0 Å². The van der Waals surface area contributed by atoms with Gasteiger partial charge in [-0.15, -0.1) is 0 Å². The standard InChI is InChI=1S/2C4H8O/c2*1-4(2)3-5/h2*5H,1,3H2,2H3. The van der Waals surface area contributed by atoms with Crippen LogP contribution in [0.15, 0.2) is 24.3 Å². The lowest BCUT2D eigenvalue weighted by Gasteiger charge is -1.79. The van der Waals surface area contributed by atoms with Crippen LogP contribution in [0.25, 0.3) is 0 Å². The van der Waals surface area contributed by atoms with Crippen molar-refractivity contribution in [3.05, 3.63) is 24.3 Å². The van der Waals surface area contributed by atoms with Gasteiger partial charge in [0.2, 0.25) is 0 Å². The van der Waals surface area contributed by atoms with E-state index in [-0.39, 0.29) is 13.2 Å². The molecule has 0 aromatic carbocycles. The minimum Gasteiger partial charge on any atom is -0.392 e. The van der Waals surface area contributed by atoms with Gasteiger partial charge in [0.15, 0.2) is 0 Å². The predicted molar refractivity (Wildman–Crippen MR) is 43.8 cm³/mol. The molecule has 0 saturated heterocycles. The fourth-order valence-electron chi connectivity index (χ4n) is 0. The average molecular weight is 144 g/mol. The van der Waals surface area contributed by atoms with Crippen LogP contribution in [0.3, 0.4) is 0 Å². The summed E-state index contributed by atoms with van der Waals surface area (Å²) in [5.74, 6) is 0. The molecule has 60 valence electrons. The molecule has 0 unspecified atom stereocenters. The van der Waals surface area contributed by atoms with Gasteiger partial charge in [0.05, 0.1) is 13.2 Å². The van der Waals surface area contributed by atoms with Gasteiger partial charge in [-0.1, -0.05) is 24.3 Å². The third kappa shape index (κ3) is 26.2. The van der Waals surface area contributed by atoms with Crippen LogP contribution >= 0.6 is 0 Å². The monoisotopic (exact) mass is 144 g/mol. The van der Waals surface area contributed by atoms with Gasteiger partial charge in [0.25, 0.3) is 0 Å². The fourth-order valence-corrected chi connectivity index (χ4v) is 0. The van der Waals surface area contributed by atoms with Crippen molar-refractivity contribution in [3.8, 4) is 0 Å². The van der Waals surface area contributed by atoms with Crippen LogP contribution < -0.4 is 0 Å². The smallest absolute Gasteiger partial charge is 0.0636 e. The third-order valence-electron chi connectivity index (χ3n) is 0.540. The summed E-state index contributed by atoms with van der Waals surface area (Å²) in [6, 6.07) is 0. The van der Waals surface area contributed by atoms with Crippen LogP contribution in [-0.4, -0.2) is 23.4 Å². The van der Waals surface area contributed by atoms with E-state index in [1.165, 1.54) is 0 Å². The summed E-state index contributed by atoms with van der Waals surface area (Å²) < 4.78 is 0. The highest BCUT2D eigenvalue weighted by molar-refractivity contribution is 4.86. The average Bonchev–Trinajstić information content (AvgIpc) is 1.89. The zero-order chi connectivity index (χ0) is 8.57. The molecule has 0 spiro atoms. The molecular formula is C8H16O2. The van der Waals surface area contributed by atoms with Crippen molar-refractivity contribution in [3.63, 3.8) is 0 Å². The molecule has 0 heterocycles. The minimum atomic E-state index is 0.111. The molecular weight excluding hydrogens is 128 g/mol. The summed E-state index contributed by atoms with van der Waals surface area (Å²) in [6.45, 7) is 10.6. The second-order valence-corrected chi connectivity index (χ2v) is 2.23. The molecule has 0 fully saturated rings. The van der Waals surface area contributed by atoms with E-state index >= 15 is 0 Å². The van der Waals surface area contributed by atoms with Crippen LogP contribution in [0.2, 0.25) is 0 Å². The van der Waals surface area contributed by atoms with E-state index in [4.69, 9.17) is 10.2 Å². The zero-order valence-corrected chi connectivity index (χ0v) is 6.72. The number of rotatable bonds is 2. The lowest BCUT2D eigenvalue weighted by Crippen LogP contribution is -1.76. The number of hydrogen-bond acceptors (Lipinski definition) is 2. The Hall–Kier alpha value is -0.600. The van der Waals surface area contributed by atoms with Gasteiger partial charge >= 0.3 is 0 Å². The number of hydrogen-bond donors (Lipinski definition) is 2. The minimum absolute atomic E-state index is 0.111. The second-order valence-electron chi connectivity index (χ2n) is 2.23. The Labute approximate surface area is 62.5 Å². The summed E-state index contributed by atoms with van der Waals surface area (Å²) >= 11 is 0. The molecule has 0 aliphatic heterocycles. The molecule has 0 aliphatic carbocycles.